The quantitative estimate of drug-likeness (QED) is 0.849. The van der Waals surface area contributed by atoms with Crippen LogP contribution in [0.1, 0.15) is 38.2 Å². The summed E-state index contributed by atoms with van der Waals surface area (Å²) in [5.41, 5.74) is 1.23. The normalized spacial score (nSPS) is 25.8. The number of carbonyl (C=O) groups is 1. The highest BCUT2D eigenvalue weighted by atomic mass is 35.5. The summed E-state index contributed by atoms with van der Waals surface area (Å²) in [6.45, 7) is 4.84. The van der Waals surface area contributed by atoms with Crippen LogP contribution in [-0.4, -0.2) is 47.4 Å². The predicted octanol–water partition coefficient (Wildman–Crippen LogP) is 3.36. The van der Waals surface area contributed by atoms with Gasteiger partial charge in [0.15, 0.2) is 0 Å². The van der Waals surface area contributed by atoms with Crippen LogP contribution in [0.4, 0.5) is 0 Å². The molecule has 0 aromatic heterocycles. The molecule has 0 N–H and O–H groups in total. The van der Waals surface area contributed by atoms with Crippen molar-refractivity contribution in [3.05, 3.63) is 34.9 Å². The molecule has 120 valence electrons. The summed E-state index contributed by atoms with van der Waals surface area (Å²) >= 11 is 6.27. The first-order chi connectivity index (χ1) is 10.7. The minimum Gasteiger partial charge on any atom is -0.338 e. The zero-order valence-electron chi connectivity index (χ0n) is 13.3. The minimum absolute atomic E-state index is 0.237. The second kappa shape index (κ2) is 7.01. The third kappa shape index (κ3) is 3.31. The molecule has 4 heteroatoms. The van der Waals surface area contributed by atoms with Gasteiger partial charge >= 0.3 is 0 Å². The molecule has 2 heterocycles. The second-order valence-corrected chi connectivity index (χ2v) is 6.92. The van der Waals surface area contributed by atoms with Gasteiger partial charge in [0, 0.05) is 37.1 Å². The maximum absolute atomic E-state index is 11.8. The van der Waals surface area contributed by atoms with E-state index in [1.807, 2.05) is 12.1 Å². The Labute approximate surface area is 138 Å². The van der Waals surface area contributed by atoms with Crippen LogP contribution in [0.15, 0.2) is 24.3 Å². The molecule has 2 aliphatic heterocycles. The Hall–Kier alpha value is -1.06. The molecule has 2 fully saturated rings. The number of nitrogens with zero attached hydrogens (tertiary/aromatic N) is 2. The molecule has 0 saturated carbocycles. The highest BCUT2D eigenvalue weighted by Gasteiger charge is 2.38. The van der Waals surface area contributed by atoms with Crippen LogP contribution in [-0.2, 0) is 11.2 Å². The Balaban J connectivity index is 1.63. The molecular formula is C18H25ClN2O. The summed E-state index contributed by atoms with van der Waals surface area (Å²) in [5.74, 6) is 0.237. The molecule has 0 radical (unpaired) electrons. The topological polar surface area (TPSA) is 23.6 Å². The van der Waals surface area contributed by atoms with E-state index >= 15 is 0 Å². The minimum atomic E-state index is 0.237. The van der Waals surface area contributed by atoms with Crippen molar-refractivity contribution in [3.8, 4) is 0 Å². The second-order valence-electron chi connectivity index (χ2n) is 6.51. The van der Waals surface area contributed by atoms with Crippen molar-refractivity contribution in [1.82, 2.24) is 9.80 Å². The number of hydrogen-bond acceptors (Lipinski definition) is 2. The van der Waals surface area contributed by atoms with Crippen LogP contribution in [0.5, 0.6) is 0 Å². The van der Waals surface area contributed by atoms with Gasteiger partial charge in [0.2, 0.25) is 5.91 Å². The molecule has 2 aliphatic rings. The number of carbonyl (C=O) groups excluding carboxylic acids is 1. The first kappa shape index (κ1) is 15.8. The lowest BCUT2D eigenvalue weighted by molar-refractivity contribution is -0.130. The standard InChI is InChI=1S/C18H25ClN2O/c1-14(22)21-12-5-9-18(21)17-8-4-11-20(17)13-10-15-6-2-3-7-16(15)19/h2-3,6-7,17-18H,4-5,8-13H2,1H3/t17-,18+/m1/s1. The fourth-order valence-corrected chi connectivity index (χ4v) is 4.34. The molecule has 1 amide bonds. The van der Waals surface area contributed by atoms with Crippen LogP contribution in [0.25, 0.3) is 0 Å². The van der Waals surface area contributed by atoms with Gasteiger partial charge in [0.25, 0.3) is 0 Å². The van der Waals surface area contributed by atoms with Gasteiger partial charge in [-0.05, 0) is 50.3 Å². The molecule has 0 aliphatic carbocycles. The molecular weight excluding hydrogens is 296 g/mol. The molecule has 3 rings (SSSR count). The van der Waals surface area contributed by atoms with Crippen LogP contribution in [0.2, 0.25) is 5.02 Å². The maximum atomic E-state index is 11.8. The largest absolute Gasteiger partial charge is 0.338 e. The number of hydrogen-bond donors (Lipinski definition) is 0. The van der Waals surface area contributed by atoms with Crippen molar-refractivity contribution in [2.45, 2.75) is 51.1 Å². The predicted molar refractivity (Wildman–Crippen MR) is 90.2 cm³/mol. The van der Waals surface area contributed by atoms with Crippen LogP contribution in [0.3, 0.4) is 0 Å². The summed E-state index contributed by atoms with van der Waals surface area (Å²) in [6.07, 6.45) is 5.77. The van der Waals surface area contributed by atoms with Crippen molar-refractivity contribution in [2.24, 2.45) is 0 Å². The van der Waals surface area contributed by atoms with Gasteiger partial charge in [-0.2, -0.15) is 0 Å². The highest BCUT2D eigenvalue weighted by molar-refractivity contribution is 6.31. The van der Waals surface area contributed by atoms with E-state index in [0.29, 0.717) is 12.1 Å². The van der Waals surface area contributed by atoms with E-state index in [1.165, 1.54) is 18.4 Å². The lowest BCUT2D eigenvalue weighted by atomic mass is 10.0. The number of halogens is 1. The van der Waals surface area contributed by atoms with Crippen molar-refractivity contribution < 1.29 is 4.79 Å². The van der Waals surface area contributed by atoms with Crippen molar-refractivity contribution in [2.75, 3.05) is 19.6 Å². The van der Waals surface area contributed by atoms with Gasteiger partial charge in [0.05, 0.1) is 0 Å². The molecule has 0 spiro atoms. The van der Waals surface area contributed by atoms with E-state index in [4.69, 9.17) is 11.6 Å². The summed E-state index contributed by atoms with van der Waals surface area (Å²) in [6, 6.07) is 9.07. The zero-order valence-corrected chi connectivity index (χ0v) is 14.1. The third-order valence-electron chi connectivity index (χ3n) is 5.19. The van der Waals surface area contributed by atoms with Gasteiger partial charge in [0.1, 0.15) is 0 Å². The molecule has 1 aromatic carbocycles. The number of benzene rings is 1. The zero-order chi connectivity index (χ0) is 15.5. The van der Waals surface area contributed by atoms with E-state index in [9.17, 15) is 4.79 Å². The summed E-state index contributed by atoms with van der Waals surface area (Å²) in [5, 5.41) is 0.865. The van der Waals surface area contributed by atoms with Crippen molar-refractivity contribution in [1.29, 1.82) is 0 Å². The van der Waals surface area contributed by atoms with Gasteiger partial charge in [-0.15, -0.1) is 0 Å². The van der Waals surface area contributed by atoms with Gasteiger partial charge in [-0.3, -0.25) is 9.69 Å². The SMILES string of the molecule is CC(=O)N1CCC[C@H]1[C@H]1CCCN1CCc1ccccc1Cl. The smallest absolute Gasteiger partial charge is 0.219 e. The Kier molecular flexibility index (Phi) is 5.04. The number of amides is 1. The first-order valence-electron chi connectivity index (χ1n) is 8.41. The molecule has 0 bridgehead atoms. The Morgan fingerprint density at radius 3 is 2.68 bits per heavy atom. The summed E-state index contributed by atoms with van der Waals surface area (Å²) in [7, 11) is 0. The van der Waals surface area contributed by atoms with E-state index in [0.717, 1.165) is 43.9 Å². The van der Waals surface area contributed by atoms with E-state index < -0.39 is 0 Å². The van der Waals surface area contributed by atoms with Crippen molar-refractivity contribution >= 4 is 17.5 Å². The van der Waals surface area contributed by atoms with Gasteiger partial charge < -0.3 is 4.90 Å². The molecule has 22 heavy (non-hydrogen) atoms. The molecule has 2 atom stereocenters. The van der Waals surface area contributed by atoms with E-state index in [-0.39, 0.29) is 5.91 Å². The molecule has 3 nitrogen and oxygen atoms in total. The Morgan fingerprint density at radius 1 is 1.18 bits per heavy atom. The first-order valence-corrected chi connectivity index (χ1v) is 8.79. The summed E-state index contributed by atoms with van der Waals surface area (Å²) < 4.78 is 0. The Morgan fingerprint density at radius 2 is 1.91 bits per heavy atom. The lowest BCUT2D eigenvalue weighted by Crippen LogP contribution is -2.48. The molecule has 0 unspecified atom stereocenters. The van der Waals surface area contributed by atoms with E-state index in [2.05, 4.69) is 21.9 Å². The Bertz CT molecular complexity index is 534. The third-order valence-corrected chi connectivity index (χ3v) is 5.56. The number of likely N-dealkylation sites (tertiary alicyclic amines) is 2. The number of rotatable bonds is 4. The fraction of sp³-hybridized carbons (Fsp3) is 0.611. The fourth-order valence-electron chi connectivity index (χ4n) is 4.11. The summed E-state index contributed by atoms with van der Waals surface area (Å²) in [4.78, 5) is 16.5. The van der Waals surface area contributed by atoms with Crippen molar-refractivity contribution in [3.63, 3.8) is 0 Å². The van der Waals surface area contributed by atoms with Crippen LogP contribution < -0.4 is 0 Å². The van der Waals surface area contributed by atoms with Crippen LogP contribution in [0, 0.1) is 0 Å². The lowest BCUT2D eigenvalue weighted by Gasteiger charge is -2.34. The molecule has 2 saturated heterocycles. The van der Waals surface area contributed by atoms with E-state index in [1.54, 1.807) is 6.92 Å². The average molecular weight is 321 g/mol. The van der Waals surface area contributed by atoms with Gasteiger partial charge in [-0.1, -0.05) is 29.8 Å². The van der Waals surface area contributed by atoms with Crippen LogP contribution >= 0.6 is 11.6 Å². The van der Waals surface area contributed by atoms with Gasteiger partial charge in [-0.25, -0.2) is 0 Å². The molecule has 1 aromatic rings. The maximum Gasteiger partial charge on any atom is 0.219 e. The monoisotopic (exact) mass is 320 g/mol. The average Bonchev–Trinajstić information content (AvgIpc) is 3.14. The highest BCUT2D eigenvalue weighted by Crippen LogP contribution is 2.30.